The summed E-state index contributed by atoms with van der Waals surface area (Å²) in [5, 5.41) is 12.1. The first-order valence-electron chi connectivity index (χ1n) is 9.87. The van der Waals surface area contributed by atoms with E-state index in [4.69, 9.17) is 11.6 Å². The molecule has 0 bridgehead atoms. The molecule has 3 aromatic carbocycles. The quantitative estimate of drug-likeness (QED) is 0.387. The molecule has 0 atom stereocenters. The maximum atomic E-state index is 13.3. The molecule has 0 aliphatic carbocycles. The number of rotatable bonds is 7. The Bertz CT molecular complexity index is 1370. The molecule has 0 saturated heterocycles. The van der Waals surface area contributed by atoms with Gasteiger partial charge in [0.25, 0.3) is 10.0 Å². The Labute approximate surface area is 200 Å². The van der Waals surface area contributed by atoms with Gasteiger partial charge < -0.3 is 0 Å². The summed E-state index contributed by atoms with van der Waals surface area (Å²) in [5.41, 5.74) is 2.28. The topological polar surface area (TPSA) is 92.3 Å². The predicted molar refractivity (Wildman–Crippen MR) is 131 cm³/mol. The molecule has 4 aromatic rings. The Balaban J connectivity index is 1.58. The maximum Gasteiger partial charge on any atom is 0.264 e. The van der Waals surface area contributed by atoms with Gasteiger partial charge in [0.05, 0.1) is 10.6 Å². The van der Waals surface area contributed by atoms with E-state index in [1.807, 2.05) is 31.2 Å². The third-order valence-corrected chi connectivity index (χ3v) is 7.60. The van der Waals surface area contributed by atoms with Gasteiger partial charge in [0.2, 0.25) is 11.0 Å². The second kappa shape index (κ2) is 9.70. The summed E-state index contributed by atoms with van der Waals surface area (Å²) in [6, 6.07) is 22.0. The van der Waals surface area contributed by atoms with E-state index in [1.165, 1.54) is 29.5 Å². The van der Waals surface area contributed by atoms with Crippen molar-refractivity contribution in [1.29, 1.82) is 0 Å². The molecular formula is C23H19ClN4O3S2. The van der Waals surface area contributed by atoms with Gasteiger partial charge in [-0.15, -0.1) is 10.2 Å². The summed E-state index contributed by atoms with van der Waals surface area (Å²) in [6.45, 7) is 1.53. The maximum absolute atomic E-state index is 13.3. The molecule has 10 heteroatoms. The second-order valence-electron chi connectivity index (χ2n) is 7.13. The summed E-state index contributed by atoms with van der Waals surface area (Å²) in [4.78, 5) is 12.9. The Hall–Kier alpha value is -3.27. The summed E-state index contributed by atoms with van der Waals surface area (Å²) in [7, 11) is -4.02. The van der Waals surface area contributed by atoms with Crippen molar-refractivity contribution < 1.29 is 13.2 Å². The Kier molecular flexibility index (Phi) is 6.73. The van der Waals surface area contributed by atoms with E-state index in [0.717, 1.165) is 15.4 Å². The van der Waals surface area contributed by atoms with Gasteiger partial charge in [0.15, 0.2) is 0 Å². The Morgan fingerprint density at radius 1 is 1.00 bits per heavy atom. The summed E-state index contributed by atoms with van der Waals surface area (Å²) in [5.74, 6) is -0.555. The lowest BCUT2D eigenvalue weighted by atomic mass is 10.2. The van der Waals surface area contributed by atoms with Crippen LogP contribution in [0.3, 0.4) is 0 Å². The van der Waals surface area contributed by atoms with E-state index in [0.29, 0.717) is 10.0 Å². The summed E-state index contributed by atoms with van der Waals surface area (Å²) in [6.07, 6.45) is 0. The van der Waals surface area contributed by atoms with Gasteiger partial charge in [-0.25, -0.2) is 8.42 Å². The van der Waals surface area contributed by atoms with Crippen LogP contribution in [0.15, 0.2) is 83.8 Å². The molecule has 4 rings (SSSR count). The summed E-state index contributed by atoms with van der Waals surface area (Å²) < 4.78 is 27.7. The van der Waals surface area contributed by atoms with Crippen molar-refractivity contribution in [2.45, 2.75) is 11.8 Å². The minimum absolute atomic E-state index is 0.0651. The SMILES string of the molecule is Cc1ccc(-c2nnc(NC(=O)CN(c3cccc(Cl)c3)S(=O)(=O)c3ccccc3)s2)cc1. The molecule has 0 unspecified atom stereocenters. The zero-order valence-corrected chi connectivity index (χ0v) is 19.9. The Morgan fingerprint density at radius 3 is 2.42 bits per heavy atom. The predicted octanol–water partition coefficient (Wildman–Crippen LogP) is 5.00. The number of hydrogen-bond acceptors (Lipinski definition) is 6. The average Bonchev–Trinajstić information content (AvgIpc) is 3.26. The van der Waals surface area contributed by atoms with Gasteiger partial charge in [-0.05, 0) is 37.3 Å². The third-order valence-electron chi connectivity index (χ3n) is 4.68. The van der Waals surface area contributed by atoms with E-state index < -0.39 is 22.5 Å². The van der Waals surface area contributed by atoms with Crippen molar-refractivity contribution in [2.75, 3.05) is 16.2 Å². The highest BCUT2D eigenvalue weighted by Gasteiger charge is 2.27. The van der Waals surface area contributed by atoms with Crippen LogP contribution in [0.25, 0.3) is 10.6 Å². The number of hydrogen-bond donors (Lipinski definition) is 1. The van der Waals surface area contributed by atoms with Crippen molar-refractivity contribution >= 4 is 49.7 Å². The van der Waals surface area contributed by atoms with Crippen LogP contribution in [0.2, 0.25) is 5.02 Å². The molecule has 33 heavy (non-hydrogen) atoms. The van der Waals surface area contributed by atoms with Gasteiger partial charge in [0, 0.05) is 10.6 Å². The number of anilines is 2. The van der Waals surface area contributed by atoms with Crippen LogP contribution in [0.5, 0.6) is 0 Å². The smallest absolute Gasteiger partial charge is 0.264 e. The second-order valence-corrected chi connectivity index (χ2v) is 10.4. The number of carbonyl (C=O) groups excluding carboxylic acids is 1. The van der Waals surface area contributed by atoms with Gasteiger partial charge >= 0.3 is 0 Å². The van der Waals surface area contributed by atoms with Crippen molar-refractivity contribution in [1.82, 2.24) is 10.2 Å². The molecule has 168 valence electrons. The number of sulfonamides is 1. The van der Waals surface area contributed by atoms with Crippen molar-refractivity contribution in [3.63, 3.8) is 0 Å². The number of aryl methyl sites for hydroxylation is 1. The van der Waals surface area contributed by atoms with E-state index in [1.54, 1.807) is 36.4 Å². The Morgan fingerprint density at radius 2 is 1.73 bits per heavy atom. The first-order valence-corrected chi connectivity index (χ1v) is 12.5. The van der Waals surface area contributed by atoms with E-state index >= 15 is 0 Å². The number of halogens is 1. The molecule has 0 saturated carbocycles. The van der Waals surface area contributed by atoms with Gasteiger partial charge in [-0.1, -0.05) is 77.0 Å². The molecule has 0 radical (unpaired) electrons. The average molecular weight is 499 g/mol. The standard InChI is InChI=1S/C23H19ClN4O3S2/c1-16-10-12-17(13-11-16)22-26-27-23(32-22)25-21(29)15-28(19-7-5-6-18(24)14-19)33(30,31)20-8-3-2-4-9-20/h2-14H,15H2,1H3,(H,25,27,29). The van der Waals surface area contributed by atoms with Crippen LogP contribution >= 0.6 is 22.9 Å². The molecule has 1 amide bonds. The highest BCUT2D eigenvalue weighted by atomic mass is 35.5. The van der Waals surface area contributed by atoms with Gasteiger partial charge in [-0.2, -0.15) is 0 Å². The van der Waals surface area contributed by atoms with Crippen molar-refractivity contribution in [3.8, 4) is 10.6 Å². The number of carbonyl (C=O) groups is 1. The number of nitrogens with one attached hydrogen (secondary N) is 1. The van der Waals surface area contributed by atoms with Crippen LogP contribution in [0.4, 0.5) is 10.8 Å². The molecule has 7 nitrogen and oxygen atoms in total. The van der Waals surface area contributed by atoms with Crippen LogP contribution in [0.1, 0.15) is 5.56 Å². The number of benzene rings is 3. The molecular weight excluding hydrogens is 480 g/mol. The fraction of sp³-hybridized carbons (Fsp3) is 0.0870. The fourth-order valence-electron chi connectivity index (χ4n) is 3.04. The molecule has 0 aliphatic heterocycles. The molecule has 1 aromatic heterocycles. The minimum Gasteiger partial charge on any atom is -0.299 e. The largest absolute Gasteiger partial charge is 0.299 e. The third kappa shape index (κ3) is 5.39. The molecule has 0 spiro atoms. The summed E-state index contributed by atoms with van der Waals surface area (Å²) >= 11 is 7.29. The number of nitrogens with zero attached hydrogens (tertiary/aromatic N) is 3. The van der Waals surface area contributed by atoms with Crippen molar-refractivity contribution in [3.05, 3.63) is 89.4 Å². The highest BCUT2D eigenvalue weighted by Crippen LogP contribution is 2.28. The molecule has 1 N–H and O–H groups in total. The number of amides is 1. The normalized spacial score (nSPS) is 11.2. The first kappa shape index (κ1) is 22.9. The lowest BCUT2D eigenvalue weighted by molar-refractivity contribution is -0.114. The van der Waals surface area contributed by atoms with E-state index in [-0.39, 0.29) is 15.7 Å². The zero-order chi connectivity index (χ0) is 23.4. The van der Waals surface area contributed by atoms with Crippen molar-refractivity contribution in [2.24, 2.45) is 0 Å². The first-order chi connectivity index (χ1) is 15.8. The number of aromatic nitrogens is 2. The van der Waals surface area contributed by atoms with Crippen LogP contribution < -0.4 is 9.62 Å². The molecule has 1 heterocycles. The van der Waals surface area contributed by atoms with Gasteiger partial charge in [-0.3, -0.25) is 14.4 Å². The monoisotopic (exact) mass is 498 g/mol. The van der Waals surface area contributed by atoms with E-state index in [2.05, 4.69) is 15.5 Å². The van der Waals surface area contributed by atoms with Crippen LogP contribution in [-0.2, 0) is 14.8 Å². The minimum atomic E-state index is -4.02. The van der Waals surface area contributed by atoms with Gasteiger partial charge in [0.1, 0.15) is 11.6 Å². The zero-order valence-electron chi connectivity index (χ0n) is 17.5. The highest BCUT2D eigenvalue weighted by molar-refractivity contribution is 7.92. The van der Waals surface area contributed by atoms with Crippen LogP contribution in [0, 0.1) is 6.92 Å². The fourth-order valence-corrected chi connectivity index (χ4v) is 5.43. The van der Waals surface area contributed by atoms with Crippen LogP contribution in [-0.4, -0.2) is 31.1 Å². The lowest BCUT2D eigenvalue weighted by Crippen LogP contribution is -2.38. The molecule has 0 aliphatic rings. The molecule has 0 fully saturated rings. The van der Waals surface area contributed by atoms with E-state index in [9.17, 15) is 13.2 Å². The lowest BCUT2D eigenvalue weighted by Gasteiger charge is -2.24.